The molecule has 0 spiro atoms. The fourth-order valence-corrected chi connectivity index (χ4v) is 3.36. The minimum absolute atomic E-state index is 0.0320. The highest BCUT2D eigenvalue weighted by Gasteiger charge is 2.31. The van der Waals surface area contributed by atoms with Gasteiger partial charge in [0, 0.05) is 12.5 Å². The normalized spacial score (nSPS) is 11.4. The van der Waals surface area contributed by atoms with Crippen LogP contribution in [0.1, 0.15) is 29.0 Å². The van der Waals surface area contributed by atoms with Crippen molar-refractivity contribution in [2.75, 3.05) is 11.9 Å². The summed E-state index contributed by atoms with van der Waals surface area (Å²) in [4.78, 5) is 12.2. The molecule has 3 aromatic rings. The van der Waals surface area contributed by atoms with Crippen molar-refractivity contribution in [3.63, 3.8) is 0 Å². The second-order valence-electron chi connectivity index (χ2n) is 6.74. The Balaban J connectivity index is 1.64. The Kier molecular flexibility index (Phi) is 7.00. The second-order valence-corrected chi connectivity index (χ2v) is 7.14. The summed E-state index contributed by atoms with van der Waals surface area (Å²) in [5.41, 5.74) is 1.26. The van der Waals surface area contributed by atoms with Gasteiger partial charge in [0.15, 0.2) is 0 Å². The lowest BCUT2D eigenvalue weighted by Gasteiger charge is -2.19. The summed E-state index contributed by atoms with van der Waals surface area (Å²) in [5, 5.41) is 5.12. The van der Waals surface area contributed by atoms with Gasteiger partial charge in [-0.25, -0.2) is 4.79 Å². The van der Waals surface area contributed by atoms with Gasteiger partial charge in [-0.2, -0.15) is 13.2 Å². The first-order valence-electron chi connectivity index (χ1n) is 9.36. The lowest BCUT2D eigenvalue weighted by molar-refractivity contribution is -0.137. The Morgan fingerprint density at radius 3 is 2.00 bits per heavy atom. The first-order valence-corrected chi connectivity index (χ1v) is 9.74. The average Bonchev–Trinajstić information content (AvgIpc) is 2.73. The number of halogens is 4. The molecule has 2 N–H and O–H groups in total. The van der Waals surface area contributed by atoms with Crippen LogP contribution >= 0.6 is 11.6 Å². The molecular weight excluding hydrogens is 413 g/mol. The van der Waals surface area contributed by atoms with Crippen LogP contribution in [0.4, 0.5) is 23.7 Å². The van der Waals surface area contributed by atoms with Gasteiger partial charge in [0.25, 0.3) is 0 Å². The number of rotatable bonds is 6. The molecule has 0 aliphatic rings. The Morgan fingerprint density at radius 2 is 1.47 bits per heavy atom. The predicted octanol–water partition coefficient (Wildman–Crippen LogP) is 6.70. The highest BCUT2D eigenvalue weighted by Crippen LogP contribution is 2.34. The average molecular weight is 433 g/mol. The van der Waals surface area contributed by atoms with E-state index >= 15 is 0 Å². The summed E-state index contributed by atoms with van der Waals surface area (Å²) in [7, 11) is 0. The van der Waals surface area contributed by atoms with Gasteiger partial charge in [0.2, 0.25) is 0 Å². The summed E-state index contributed by atoms with van der Waals surface area (Å²) in [5.74, 6) is 0.0739. The Labute approximate surface area is 177 Å². The minimum Gasteiger partial charge on any atom is -0.338 e. The van der Waals surface area contributed by atoms with Crippen molar-refractivity contribution >= 4 is 23.3 Å². The third kappa shape index (κ3) is 5.76. The molecule has 0 unspecified atom stereocenters. The molecule has 0 saturated heterocycles. The number of nitrogens with one attached hydrogen (secondary N) is 2. The van der Waals surface area contributed by atoms with Crippen LogP contribution in [0.2, 0.25) is 5.02 Å². The summed E-state index contributed by atoms with van der Waals surface area (Å²) < 4.78 is 38.6. The maximum Gasteiger partial charge on any atom is 0.416 e. The highest BCUT2D eigenvalue weighted by molar-refractivity contribution is 6.33. The van der Waals surface area contributed by atoms with E-state index in [-0.39, 0.29) is 16.6 Å². The second kappa shape index (κ2) is 9.67. The van der Waals surface area contributed by atoms with E-state index in [1.165, 1.54) is 0 Å². The molecule has 3 nitrogen and oxygen atoms in total. The van der Waals surface area contributed by atoms with Crippen molar-refractivity contribution in [2.45, 2.75) is 18.5 Å². The van der Waals surface area contributed by atoms with Crippen molar-refractivity contribution in [3.05, 3.63) is 101 Å². The molecule has 0 atom stereocenters. The molecular formula is C23H20ClF3N2O. The smallest absolute Gasteiger partial charge is 0.338 e. The van der Waals surface area contributed by atoms with Crippen LogP contribution in [0.15, 0.2) is 78.9 Å². The third-order valence-electron chi connectivity index (χ3n) is 4.66. The van der Waals surface area contributed by atoms with Gasteiger partial charge < -0.3 is 10.6 Å². The molecule has 0 heterocycles. The standard InChI is InChI=1S/C23H20ClF3N2O/c24-20-12-11-18(23(25,26)27)15-21(20)29-22(30)28-14-13-19(16-7-3-1-4-8-16)17-9-5-2-6-10-17/h1-12,15,19H,13-14H2,(H2,28,29,30). The Bertz CT molecular complexity index is 939. The van der Waals surface area contributed by atoms with E-state index in [1.54, 1.807) is 0 Å². The van der Waals surface area contributed by atoms with Gasteiger partial charge >= 0.3 is 12.2 Å². The molecule has 2 amide bonds. The van der Waals surface area contributed by atoms with Crippen molar-refractivity contribution < 1.29 is 18.0 Å². The summed E-state index contributed by atoms with van der Waals surface area (Å²) in [6.07, 6.45) is -3.89. The number of carbonyl (C=O) groups is 1. The third-order valence-corrected chi connectivity index (χ3v) is 4.99. The maximum atomic E-state index is 12.9. The number of benzene rings is 3. The zero-order valence-electron chi connectivity index (χ0n) is 15.9. The highest BCUT2D eigenvalue weighted by atomic mass is 35.5. The maximum absolute atomic E-state index is 12.9. The van der Waals surface area contributed by atoms with Crippen LogP contribution in [0.3, 0.4) is 0 Å². The van der Waals surface area contributed by atoms with Gasteiger partial charge in [-0.1, -0.05) is 72.3 Å². The van der Waals surface area contributed by atoms with Gasteiger partial charge in [0.1, 0.15) is 0 Å². The molecule has 0 aromatic heterocycles. The summed E-state index contributed by atoms with van der Waals surface area (Å²) >= 11 is 5.93. The molecule has 0 bridgehead atoms. The quantitative estimate of drug-likeness (QED) is 0.447. The summed E-state index contributed by atoms with van der Waals surface area (Å²) in [6, 6.07) is 22.0. The van der Waals surface area contributed by atoms with E-state index in [9.17, 15) is 18.0 Å². The molecule has 0 saturated carbocycles. The molecule has 7 heteroatoms. The number of alkyl halides is 3. The SMILES string of the molecule is O=C(NCCC(c1ccccc1)c1ccccc1)Nc1cc(C(F)(F)F)ccc1Cl. The fourth-order valence-electron chi connectivity index (χ4n) is 3.19. The molecule has 0 aliphatic heterocycles. The van der Waals surface area contributed by atoms with E-state index in [1.807, 2.05) is 60.7 Å². The monoisotopic (exact) mass is 432 g/mol. The zero-order chi connectivity index (χ0) is 21.6. The zero-order valence-corrected chi connectivity index (χ0v) is 16.7. The van der Waals surface area contributed by atoms with Crippen LogP contribution in [0.25, 0.3) is 0 Å². The van der Waals surface area contributed by atoms with E-state index in [4.69, 9.17) is 11.6 Å². The largest absolute Gasteiger partial charge is 0.416 e. The number of hydrogen-bond donors (Lipinski definition) is 2. The van der Waals surface area contributed by atoms with Crippen LogP contribution < -0.4 is 10.6 Å². The van der Waals surface area contributed by atoms with Crippen molar-refractivity contribution in [2.24, 2.45) is 0 Å². The van der Waals surface area contributed by atoms with E-state index in [2.05, 4.69) is 10.6 Å². The van der Waals surface area contributed by atoms with Crippen LogP contribution in [-0.4, -0.2) is 12.6 Å². The van der Waals surface area contributed by atoms with E-state index < -0.39 is 17.8 Å². The molecule has 3 rings (SSSR count). The Hall–Kier alpha value is -2.99. The van der Waals surface area contributed by atoms with Crippen LogP contribution in [0, 0.1) is 0 Å². The molecule has 156 valence electrons. The molecule has 0 aliphatic carbocycles. The van der Waals surface area contributed by atoms with Crippen LogP contribution in [-0.2, 0) is 6.18 Å². The predicted molar refractivity (Wildman–Crippen MR) is 113 cm³/mol. The van der Waals surface area contributed by atoms with Gasteiger partial charge in [0.05, 0.1) is 16.3 Å². The molecule has 0 radical (unpaired) electrons. The minimum atomic E-state index is -4.52. The van der Waals surface area contributed by atoms with Gasteiger partial charge in [-0.3, -0.25) is 0 Å². The number of urea groups is 1. The van der Waals surface area contributed by atoms with Crippen molar-refractivity contribution in [1.82, 2.24) is 5.32 Å². The topological polar surface area (TPSA) is 41.1 Å². The van der Waals surface area contributed by atoms with Gasteiger partial charge in [-0.05, 0) is 35.7 Å². The first kappa shape index (κ1) is 21.7. The van der Waals surface area contributed by atoms with Crippen LogP contribution in [0.5, 0.6) is 0 Å². The van der Waals surface area contributed by atoms with Crippen molar-refractivity contribution in [1.29, 1.82) is 0 Å². The number of amides is 2. The number of anilines is 1. The lowest BCUT2D eigenvalue weighted by atomic mass is 9.88. The van der Waals surface area contributed by atoms with Gasteiger partial charge in [-0.15, -0.1) is 0 Å². The molecule has 3 aromatic carbocycles. The molecule has 30 heavy (non-hydrogen) atoms. The van der Waals surface area contributed by atoms with Crippen molar-refractivity contribution in [3.8, 4) is 0 Å². The fraction of sp³-hybridized carbons (Fsp3) is 0.174. The number of carbonyl (C=O) groups excluding carboxylic acids is 1. The molecule has 0 fully saturated rings. The Morgan fingerprint density at radius 1 is 0.900 bits per heavy atom. The van der Waals surface area contributed by atoms with E-state index in [0.29, 0.717) is 13.0 Å². The first-order chi connectivity index (χ1) is 14.3. The number of hydrogen-bond acceptors (Lipinski definition) is 1. The summed E-state index contributed by atoms with van der Waals surface area (Å²) in [6.45, 7) is 0.330. The van der Waals surface area contributed by atoms with E-state index in [0.717, 1.165) is 29.3 Å². The lowest BCUT2D eigenvalue weighted by Crippen LogP contribution is -2.30.